The molecule has 0 fully saturated rings. The maximum atomic E-state index is 11.3. The molecule has 0 aliphatic carbocycles. The molecule has 0 aliphatic heterocycles. The van der Waals surface area contributed by atoms with Crippen LogP contribution in [0, 0.1) is 0 Å². The molecule has 0 spiro atoms. The van der Waals surface area contributed by atoms with Crippen molar-refractivity contribution in [1.82, 2.24) is 25.3 Å². The zero-order valence-electron chi connectivity index (χ0n) is 14.9. The predicted octanol–water partition coefficient (Wildman–Crippen LogP) is 1.30. The fraction of sp³-hybridized carbons (Fsp3) is 0.353. The van der Waals surface area contributed by atoms with E-state index in [1.807, 2.05) is 28.8 Å². The summed E-state index contributed by atoms with van der Waals surface area (Å²) in [5.74, 6) is 0.817. The number of aromatic nitrogens is 3. The van der Waals surface area contributed by atoms with E-state index in [0.717, 1.165) is 16.4 Å². The van der Waals surface area contributed by atoms with Crippen molar-refractivity contribution < 1.29 is 14.7 Å². The summed E-state index contributed by atoms with van der Waals surface area (Å²) in [4.78, 5) is 25.4. The molecule has 1 aromatic carbocycles. The van der Waals surface area contributed by atoms with Crippen LogP contribution in [0.15, 0.2) is 24.3 Å². The molecule has 0 aliphatic rings. The van der Waals surface area contributed by atoms with Gasteiger partial charge in [-0.3, -0.25) is 4.84 Å². The van der Waals surface area contributed by atoms with Crippen LogP contribution in [0.25, 0.3) is 21.9 Å². The van der Waals surface area contributed by atoms with E-state index >= 15 is 0 Å². The average molecular weight is 358 g/mol. The lowest BCUT2D eigenvalue weighted by Gasteiger charge is -2.20. The molecule has 0 atom stereocenters. The van der Waals surface area contributed by atoms with Crippen LogP contribution in [-0.2, 0) is 18.0 Å². The number of benzene rings is 1. The van der Waals surface area contributed by atoms with E-state index in [2.05, 4.69) is 20.8 Å². The van der Waals surface area contributed by atoms with E-state index in [1.54, 1.807) is 13.8 Å². The number of nitrogens with two attached hydrogens (primary N) is 1. The molecule has 2 amide bonds. The first-order chi connectivity index (χ1) is 12.3. The maximum absolute atomic E-state index is 11.3. The van der Waals surface area contributed by atoms with E-state index in [-0.39, 0.29) is 13.2 Å². The first kappa shape index (κ1) is 17.9. The smallest absolute Gasteiger partial charge is 0.338 e. The molecule has 138 valence electrons. The van der Waals surface area contributed by atoms with Gasteiger partial charge in [0, 0.05) is 12.4 Å². The van der Waals surface area contributed by atoms with Crippen LogP contribution in [0.5, 0.6) is 0 Å². The van der Waals surface area contributed by atoms with Crippen molar-refractivity contribution in [3.8, 4) is 0 Å². The van der Waals surface area contributed by atoms with Crippen LogP contribution in [0.4, 0.5) is 10.6 Å². The Kier molecular flexibility index (Phi) is 4.66. The van der Waals surface area contributed by atoms with Crippen molar-refractivity contribution >= 4 is 33.8 Å². The Bertz CT molecular complexity index is 960. The van der Waals surface area contributed by atoms with Gasteiger partial charge in [-0.2, -0.15) is 0 Å². The molecule has 0 saturated carbocycles. The number of pyridine rings is 1. The Labute approximate surface area is 150 Å². The van der Waals surface area contributed by atoms with Crippen LogP contribution in [0.3, 0.4) is 0 Å². The fourth-order valence-electron chi connectivity index (χ4n) is 2.79. The number of fused-ring (bicyclic) bond motifs is 3. The van der Waals surface area contributed by atoms with E-state index < -0.39 is 11.6 Å². The normalized spacial score (nSPS) is 11.8. The second-order valence-corrected chi connectivity index (χ2v) is 6.61. The minimum Gasteiger partial charge on any atom is -0.389 e. The molecule has 3 rings (SSSR count). The van der Waals surface area contributed by atoms with Crippen molar-refractivity contribution in [2.75, 3.05) is 12.8 Å². The Hall–Kier alpha value is -2.91. The number of urea groups is 1. The Morgan fingerprint density at radius 3 is 2.77 bits per heavy atom. The Balaban J connectivity index is 2.14. The number of anilines is 1. The SMILES string of the molecule is CNC(=O)NOCc1nc2c(N)nc3ccccc3c2n1CC(C)(C)O. The van der Waals surface area contributed by atoms with Crippen molar-refractivity contribution in [2.24, 2.45) is 0 Å². The zero-order chi connectivity index (χ0) is 18.9. The largest absolute Gasteiger partial charge is 0.389 e. The number of carbonyl (C=O) groups is 1. The molecule has 5 N–H and O–H groups in total. The van der Waals surface area contributed by atoms with Gasteiger partial charge >= 0.3 is 6.03 Å². The minimum atomic E-state index is -0.990. The highest BCUT2D eigenvalue weighted by Crippen LogP contribution is 2.30. The van der Waals surface area contributed by atoms with Gasteiger partial charge in [0.15, 0.2) is 5.82 Å². The van der Waals surface area contributed by atoms with Crippen LogP contribution in [0.2, 0.25) is 0 Å². The fourth-order valence-corrected chi connectivity index (χ4v) is 2.79. The summed E-state index contributed by atoms with van der Waals surface area (Å²) in [5, 5.41) is 13.6. The number of hydroxylamine groups is 1. The number of nitrogen functional groups attached to an aromatic ring is 1. The van der Waals surface area contributed by atoms with Gasteiger partial charge in [-0.1, -0.05) is 18.2 Å². The molecule has 2 aromatic heterocycles. The number of rotatable bonds is 5. The standard InChI is InChI=1S/C17H22N6O3/c1-17(2,25)9-23-12(8-26-22-16(24)19-3)21-13-14(23)10-6-4-5-7-11(10)20-15(13)18/h4-7,25H,8-9H2,1-3H3,(H2,18,20)(H2,19,22,24). The van der Waals surface area contributed by atoms with Gasteiger partial charge in [-0.25, -0.2) is 20.2 Å². The molecule has 2 heterocycles. The number of amides is 2. The van der Waals surface area contributed by atoms with Gasteiger partial charge in [0.25, 0.3) is 0 Å². The minimum absolute atomic E-state index is 0.00590. The number of para-hydroxylation sites is 1. The van der Waals surface area contributed by atoms with Crippen molar-refractivity contribution in [3.63, 3.8) is 0 Å². The molecule has 3 aromatic rings. The van der Waals surface area contributed by atoms with Crippen LogP contribution >= 0.6 is 0 Å². The molecular weight excluding hydrogens is 336 g/mol. The van der Waals surface area contributed by atoms with Gasteiger partial charge in [-0.15, -0.1) is 0 Å². The van der Waals surface area contributed by atoms with Crippen molar-refractivity contribution in [3.05, 3.63) is 30.1 Å². The predicted molar refractivity (Wildman–Crippen MR) is 98.1 cm³/mol. The molecule has 0 radical (unpaired) electrons. The Morgan fingerprint density at radius 1 is 1.35 bits per heavy atom. The lowest BCUT2D eigenvalue weighted by molar-refractivity contribution is 0.0364. The van der Waals surface area contributed by atoms with Gasteiger partial charge in [0.2, 0.25) is 0 Å². The molecule has 26 heavy (non-hydrogen) atoms. The monoisotopic (exact) mass is 358 g/mol. The molecule has 0 saturated heterocycles. The zero-order valence-corrected chi connectivity index (χ0v) is 14.9. The lowest BCUT2D eigenvalue weighted by Crippen LogP contribution is -2.33. The summed E-state index contributed by atoms with van der Waals surface area (Å²) in [6, 6.07) is 7.12. The lowest BCUT2D eigenvalue weighted by atomic mass is 10.1. The van der Waals surface area contributed by atoms with Gasteiger partial charge in [0.1, 0.15) is 17.9 Å². The topological polar surface area (TPSA) is 127 Å². The molecule has 0 unspecified atom stereocenters. The highest BCUT2D eigenvalue weighted by Gasteiger charge is 2.22. The summed E-state index contributed by atoms with van der Waals surface area (Å²) in [6.45, 7) is 3.69. The molecule has 0 bridgehead atoms. The number of hydrogen-bond acceptors (Lipinski definition) is 6. The summed E-state index contributed by atoms with van der Waals surface area (Å²) >= 11 is 0. The quantitative estimate of drug-likeness (QED) is 0.509. The number of hydrogen-bond donors (Lipinski definition) is 4. The van der Waals surface area contributed by atoms with Crippen LogP contribution in [0.1, 0.15) is 19.7 Å². The van der Waals surface area contributed by atoms with E-state index in [1.165, 1.54) is 7.05 Å². The number of imidazole rings is 1. The second-order valence-electron chi connectivity index (χ2n) is 6.61. The first-order valence-electron chi connectivity index (χ1n) is 8.15. The van der Waals surface area contributed by atoms with Crippen molar-refractivity contribution in [2.45, 2.75) is 32.6 Å². The van der Waals surface area contributed by atoms with Gasteiger partial charge in [0.05, 0.1) is 23.2 Å². The van der Waals surface area contributed by atoms with E-state index in [4.69, 9.17) is 10.6 Å². The third-order valence-corrected chi connectivity index (χ3v) is 3.83. The summed E-state index contributed by atoms with van der Waals surface area (Å²) in [7, 11) is 1.49. The van der Waals surface area contributed by atoms with Gasteiger partial charge < -0.3 is 20.7 Å². The first-order valence-corrected chi connectivity index (χ1v) is 8.15. The number of carbonyl (C=O) groups excluding carboxylic acids is 1. The molecular formula is C17H22N6O3. The summed E-state index contributed by atoms with van der Waals surface area (Å²) in [5.41, 5.74) is 9.41. The second kappa shape index (κ2) is 6.77. The number of nitrogens with one attached hydrogen (secondary N) is 2. The highest BCUT2D eigenvalue weighted by molar-refractivity contribution is 6.06. The number of nitrogens with zero attached hydrogens (tertiary/aromatic N) is 3. The van der Waals surface area contributed by atoms with Gasteiger partial charge in [-0.05, 0) is 19.9 Å². The van der Waals surface area contributed by atoms with E-state index in [0.29, 0.717) is 17.2 Å². The third kappa shape index (κ3) is 3.53. The summed E-state index contributed by atoms with van der Waals surface area (Å²) in [6.07, 6.45) is 0. The van der Waals surface area contributed by atoms with Crippen LogP contribution < -0.4 is 16.5 Å². The molecule has 9 nitrogen and oxygen atoms in total. The van der Waals surface area contributed by atoms with Crippen LogP contribution in [-0.4, -0.2) is 38.3 Å². The average Bonchev–Trinajstić information content (AvgIpc) is 2.92. The highest BCUT2D eigenvalue weighted by atomic mass is 16.7. The third-order valence-electron chi connectivity index (χ3n) is 3.83. The maximum Gasteiger partial charge on any atom is 0.338 e. The Morgan fingerprint density at radius 2 is 2.08 bits per heavy atom. The summed E-state index contributed by atoms with van der Waals surface area (Å²) < 4.78 is 1.85. The number of aliphatic hydroxyl groups is 1. The van der Waals surface area contributed by atoms with Crippen molar-refractivity contribution in [1.29, 1.82) is 0 Å². The van der Waals surface area contributed by atoms with E-state index in [9.17, 15) is 9.90 Å². The molecule has 9 heteroatoms.